The van der Waals surface area contributed by atoms with Crippen molar-refractivity contribution in [1.82, 2.24) is 10.2 Å². The lowest BCUT2D eigenvalue weighted by atomic mass is 9.93. The van der Waals surface area contributed by atoms with Gasteiger partial charge in [0.15, 0.2) is 11.5 Å². The smallest absolute Gasteiger partial charge is 0.254 e. The van der Waals surface area contributed by atoms with Gasteiger partial charge in [0, 0.05) is 18.7 Å². The third-order valence-electron chi connectivity index (χ3n) is 4.63. The maximum absolute atomic E-state index is 12.8. The summed E-state index contributed by atoms with van der Waals surface area (Å²) in [5.74, 6) is 1.72. The quantitative estimate of drug-likeness (QED) is 0.710. The number of methoxy groups -OCH3 is 1. The maximum atomic E-state index is 12.8. The molecule has 1 N–H and O–H groups in total. The van der Waals surface area contributed by atoms with Gasteiger partial charge in [-0.3, -0.25) is 4.79 Å². The van der Waals surface area contributed by atoms with Crippen LogP contribution in [-0.4, -0.2) is 51.2 Å². The molecule has 0 unspecified atom stereocenters. The van der Waals surface area contributed by atoms with Gasteiger partial charge in [0.2, 0.25) is 0 Å². The molecule has 0 bridgehead atoms. The normalized spacial score (nSPS) is 14.7. The Bertz CT molecular complexity index is 576. The van der Waals surface area contributed by atoms with Crippen molar-refractivity contribution in [1.29, 1.82) is 0 Å². The van der Waals surface area contributed by atoms with Crippen LogP contribution >= 0.6 is 24.0 Å². The van der Waals surface area contributed by atoms with E-state index in [2.05, 4.69) is 5.32 Å². The van der Waals surface area contributed by atoms with Crippen molar-refractivity contribution >= 4 is 29.9 Å². The van der Waals surface area contributed by atoms with E-state index in [0.717, 1.165) is 38.9 Å². The number of piperidine rings is 1. The van der Waals surface area contributed by atoms with Crippen LogP contribution in [0.1, 0.15) is 43.0 Å². The monoisotopic (exact) mass is 404 g/mol. The summed E-state index contributed by atoms with van der Waals surface area (Å²) in [6.07, 6.45) is 4.15. The van der Waals surface area contributed by atoms with Crippen molar-refractivity contribution in [2.24, 2.45) is 5.92 Å². The van der Waals surface area contributed by atoms with Crippen LogP contribution in [-0.2, 0) is 0 Å². The average molecular weight is 405 g/mol. The Kier molecular flexibility index (Phi) is 10.1. The van der Waals surface area contributed by atoms with Gasteiger partial charge in [-0.1, -0.05) is 18.5 Å². The second-order valence-electron chi connectivity index (χ2n) is 6.47. The van der Waals surface area contributed by atoms with E-state index in [1.807, 2.05) is 18.9 Å². The number of nitrogens with zero attached hydrogens (tertiary/aromatic N) is 1. The Morgan fingerprint density at radius 3 is 2.62 bits per heavy atom. The predicted octanol–water partition coefficient (Wildman–Crippen LogP) is 4.02. The van der Waals surface area contributed by atoms with Crippen LogP contribution in [0.3, 0.4) is 0 Å². The Morgan fingerprint density at radius 2 is 2.04 bits per heavy atom. The number of hydrogen-bond donors (Lipinski definition) is 1. The number of nitrogens with one attached hydrogen (secondary N) is 1. The standard InChI is InChI=1S/C19H29ClN2O3.ClH/c1-4-11-25-18-16(20)12-15(13-17(18)24-3)19(23)22-9-6-14(7-10-22)5-8-21-2;/h12-14,21H,4-11H2,1-3H3;1H. The first kappa shape index (κ1) is 22.9. The highest BCUT2D eigenvalue weighted by Crippen LogP contribution is 2.37. The van der Waals surface area contributed by atoms with Gasteiger partial charge in [-0.05, 0) is 57.3 Å². The molecule has 0 radical (unpaired) electrons. The summed E-state index contributed by atoms with van der Waals surface area (Å²) in [6, 6.07) is 3.41. The largest absolute Gasteiger partial charge is 0.493 e. The van der Waals surface area contributed by atoms with Crippen LogP contribution in [0, 0.1) is 5.92 Å². The molecular weight excluding hydrogens is 375 g/mol. The number of likely N-dealkylation sites (tertiary alicyclic amines) is 1. The first-order chi connectivity index (χ1) is 12.1. The van der Waals surface area contributed by atoms with Crippen molar-refractivity contribution in [2.75, 3.05) is 40.4 Å². The fourth-order valence-electron chi connectivity index (χ4n) is 3.14. The summed E-state index contributed by atoms with van der Waals surface area (Å²) in [5, 5.41) is 3.61. The van der Waals surface area contributed by atoms with Gasteiger partial charge in [0.1, 0.15) is 0 Å². The van der Waals surface area contributed by atoms with Crippen molar-refractivity contribution < 1.29 is 14.3 Å². The molecule has 0 aliphatic carbocycles. The minimum absolute atomic E-state index is 0. The molecule has 7 heteroatoms. The van der Waals surface area contributed by atoms with Gasteiger partial charge in [-0.2, -0.15) is 0 Å². The fraction of sp³-hybridized carbons (Fsp3) is 0.632. The van der Waals surface area contributed by atoms with Gasteiger partial charge in [0.05, 0.1) is 18.7 Å². The highest BCUT2D eigenvalue weighted by molar-refractivity contribution is 6.32. The van der Waals surface area contributed by atoms with Crippen LogP contribution in [0.5, 0.6) is 11.5 Å². The van der Waals surface area contributed by atoms with Crippen molar-refractivity contribution in [3.8, 4) is 11.5 Å². The number of halogens is 2. The molecule has 0 aromatic heterocycles. The number of rotatable bonds is 8. The Hall–Kier alpha value is -1.17. The zero-order chi connectivity index (χ0) is 18.2. The van der Waals surface area contributed by atoms with E-state index in [9.17, 15) is 4.79 Å². The van der Waals surface area contributed by atoms with E-state index in [1.54, 1.807) is 19.2 Å². The molecule has 148 valence electrons. The van der Waals surface area contributed by atoms with Crippen LogP contribution < -0.4 is 14.8 Å². The summed E-state index contributed by atoms with van der Waals surface area (Å²) >= 11 is 6.33. The fourth-order valence-corrected chi connectivity index (χ4v) is 3.41. The first-order valence-corrected chi connectivity index (χ1v) is 9.42. The second kappa shape index (κ2) is 11.5. The van der Waals surface area contributed by atoms with Crippen LogP contribution in [0.25, 0.3) is 0 Å². The number of benzene rings is 1. The SMILES string of the molecule is CCCOc1c(Cl)cc(C(=O)N2CCC(CCNC)CC2)cc1OC.Cl. The topological polar surface area (TPSA) is 50.8 Å². The lowest BCUT2D eigenvalue weighted by Gasteiger charge is -2.32. The molecule has 0 atom stereocenters. The van der Waals surface area contributed by atoms with Crippen LogP contribution in [0.4, 0.5) is 0 Å². The van der Waals surface area contributed by atoms with Gasteiger partial charge in [0.25, 0.3) is 5.91 Å². The lowest BCUT2D eigenvalue weighted by Crippen LogP contribution is -2.39. The highest BCUT2D eigenvalue weighted by atomic mass is 35.5. The molecule has 1 amide bonds. The molecular formula is C19H30Cl2N2O3. The Balaban J connectivity index is 0.00000338. The van der Waals surface area contributed by atoms with Crippen LogP contribution in [0.2, 0.25) is 5.02 Å². The molecule has 1 heterocycles. The van der Waals surface area contributed by atoms with Crippen molar-refractivity contribution in [3.63, 3.8) is 0 Å². The summed E-state index contributed by atoms with van der Waals surface area (Å²) in [6.45, 7) is 5.20. The zero-order valence-electron chi connectivity index (χ0n) is 15.8. The number of carbonyl (C=O) groups excluding carboxylic acids is 1. The highest BCUT2D eigenvalue weighted by Gasteiger charge is 2.25. The summed E-state index contributed by atoms with van der Waals surface area (Å²) < 4.78 is 11.0. The number of carbonyl (C=O) groups is 1. The third-order valence-corrected chi connectivity index (χ3v) is 4.91. The minimum Gasteiger partial charge on any atom is -0.493 e. The van der Waals surface area contributed by atoms with Gasteiger partial charge >= 0.3 is 0 Å². The molecule has 1 aromatic carbocycles. The predicted molar refractivity (Wildman–Crippen MR) is 108 cm³/mol. The number of ether oxygens (including phenoxy) is 2. The first-order valence-electron chi connectivity index (χ1n) is 9.04. The molecule has 1 aliphatic heterocycles. The van der Waals surface area contributed by atoms with E-state index in [1.165, 1.54) is 6.42 Å². The van der Waals surface area contributed by atoms with Gasteiger partial charge < -0.3 is 19.7 Å². The summed E-state index contributed by atoms with van der Waals surface area (Å²) in [7, 11) is 3.54. The van der Waals surface area contributed by atoms with E-state index >= 15 is 0 Å². The average Bonchev–Trinajstić information content (AvgIpc) is 2.64. The molecule has 26 heavy (non-hydrogen) atoms. The Morgan fingerprint density at radius 1 is 1.35 bits per heavy atom. The molecule has 0 saturated carbocycles. The lowest BCUT2D eigenvalue weighted by molar-refractivity contribution is 0.0686. The van der Waals surface area contributed by atoms with Crippen molar-refractivity contribution in [2.45, 2.75) is 32.6 Å². The molecule has 1 saturated heterocycles. The number of hydrogen-bond acceptors (Lipinski definition) is 4. The van der Waals surface area contributed by atoms with Crippen LogP contribution in [0.15, 0.2) is 12.1 Å². The molecule has 1 aromatic rings. The zero-order valence-corrected chi connectivity index (χ0v) is 17.4. The van der Waals surface area contributed by atoms with E-state index < -0.39 is 0 Å². The maximum Gasteiger partial charge on any atom is 0.254 e. The molecule has 0 spiro atoms. The Labute approximate surface area is 167 Å². The summed E-state index contributed by atoms with van der Waals surface area (Å²) in [4.78, 5) is 14.7. The molecule has 5 nitrogen and oxygen atoms in total. The molecule has 1 fully saturated rings. The van der Waals surface area contributed by atoms with E-state index in [4.69, 9.17) is 21.1 Å². The second-order valence-corrected chi connectivity index (χ2v) is 6.87. The summed E-state index contributed by atoms with van der Waals surface area (Å²) in [5.41, 5.74) is 0.555. The minimum atomic E-state index is 0. The third kappa shape index (κ3) is 5.93. The molecule has 2 rings (SSSR count). The van der Waals surface area contributed by atoms with Gasteiger partial charge in [-0.15, -0.1) is 12.4 Å². The molecule has 1 aliphatic rings. The van der Waals surface area contributed by atoms with E-state index in [-0.39, 0.29) is 18.3 Å². The number of amides is 1. The van der Waals surface area contributed by atoms with Gasteiger partial charge in [-0.25, -0.2) is 0 Å². The van der Waals surface area contributed by atoms with Crippen molar-refractivity contribution in [3.05, 3.63) is 22.7 Å². The van der Waals surface area contributed by atoms with E-state index in [0.29, 0.717) is 34.6 Å².